The molecule has 0 radical (unpaired) electrons. The minimum absolute atomic E-state index is 1.09. The number of hydrogen-bond donors (Lipinski definition) is 0. The van der Waals surface area contributed by atoms with Gasteiger partial charge in [-0.1, -0.05) is 200 Å². The molecule has 0 atom stereocenters. The van der Waals surface area contributed by atoms with Crippen LogP contribution in [0.2, 0.25) is 0 Å². The first kappa shape index (κ1) is 37.7. The van der Waals surface area contributed by atoms with Gasteiger partial charge in [-0.25, -0.2) is 0 Å². The molecular weight excluding hydrogens is 791 g/mol. The fraction of sp³-hybridized carbons (Fsp3) is 0. The Balaban J connectivity index is 1.06. The van der Waals surface area contributed by atoms with Gasteiger partial charge >= 0.3 is 0 Å². The first-order valence-electron chi connectivity index (χ1n) is 21.9. The third-order valence-corrected chi connectivity index (χ3v) is 13.8. The van der Waals surface area contributed by atoms with E-state index < -0.39 is 0 Å². The Kier molecular flexibility index (Phi) is 9.43. The van der Waals surface area contributed by atoms with Gasteiger partial charge < -0.3 is 4.90 Å². The predicted octanol–water partition coefficient (Wildman–Crippen LogP) is 18.2. The second kappa shape index (κ2) is 16.0. The molecule has 1 aromatic heterocycles. The van der Waals surface area contributed by atoms with Crippen molar-refractivity contribution in [3.8, 4) is 55.6 Å². The van der Waals surface area contributed by atoms with Crippen LogP contribution in [0, 0.1) is 0 Å². The number of benzene rings is 11. The summed E-state index contributed by atoms with van der Waals surface area (Å²) in [5.74, 6) is 0. The lowest BCUT2D eigenvalue weighted by atomic mass is 9.91. The maximum absolute atomic E-state index is 2.47. The molecule has 64 heavy (non-hydrogen) atoms. The molecular formula is C62H41NS. The smallest absolute Gasteiger partial charge is 0.0546 e. The van der Waals surface area contributed by atoms with Gasteiger partial charge in [-0.2, -0.15) is 0 Å². The minimum Gasteiger partial charge on any atom is -0.310 e. The van der Waals surface area contributed by atoms with Gasteiger partial charge in [0, 0.05) is 37.1 Å². The van der Waals surface area contributed by atoms with Gasteiger partial charge in [-0.15, -0.1) is 11.3 Å². The van der Waals surface area contributed by atoms with Crippen molar-refractivity contribution in [2.75, 3.05) is 4.90 Å². The molecule has 1 heterocycles. The normalized spacial score (nSPS) is 11.4. The number of nitrogens with zero attached hydrogens (tertiary/aromatic N) is 1. The van der Waals surface area contributed by atoms with Gasteiger partial charge in [-0.3, -0.25) is 0 Å². The molecule has 12 aromatic rings. The van der Waals surface area contributed by atoms with Crippen LogP contribution in [-0.2, 0) is 0 Å². The average molecular weight is 832 g/mol. The molecule has 0 saturated heterocycles. The highest BCUT2D eigenvalue weighted by molar-refractivity contribution is 7.25. The Morgan fingerprint density at radius 3 is 1.52 bits per heavy atom. The van der Waals surface area contributed by atoms with Crippen molar-refractivity contribution in [2.24, 2.45) is 0 Å². The Labute approximate surface area is 377 Å². The highest BCUT2D eigenvalue weighted by Crippen LogP contribution is 2.47. The fourth-order valence-corrected chi connectivity index (χ4v) is 10.7. The molecule has 11 aromatic carbocycles. The van der Waals surface area contributed by atoms with Crippen molar-refractivity contribution >= 4 is 70.1 Å². The van der Waals surface area contributed by atoms with Crippen molar-refractivity contribution in [1.29, 1.82) is 0 Å². The quantitative estimate of drug-likeness (QED) is 0.138. The first-order chi connectivity index (χ1) is 31.7. The molecule has 1 nitrogen and oxygen atoms in total. The van der Waals surface area contributed by atoms with Crippen molar-refractivity contribution < 1.29 is 0 Å². The summed E-state index contributed by atoms with van der Waals surface area (Å²) in [4.78, 5) is 2.47. The lowest BCUT2D eigenvalue weighted by Crippen LogP contribution is -2.11. The molecule has 0 saturated carbocycles. The van der Waals surface area contributed by atoms with Crippen molar-refractivity contribution in [3.63, 3.8) is 0 Å². The molecule has 0 aliphatic carbocycles. The minimum atomic E-state index is 1.09. The summed E-state index contributed by atoms with van der Waals surface area (Å²) < 4.78 is 2.57. The number of fused-ring (bicyclic) bond motifs is 6. The van der Waals surface area contributed by atoms with Crippen molar-refractivity contribution in [1.82, 2.24) is 0 Å². The van der Waals surface area contributed by atoms with Gasteiger partial charge in [0.15, 0.2) is 0 Å². The summed E-state index contributed by atoms with van der Waals surface area (Å²) in [6.45, 7) is 0. The van der Waals surface area contributed by atoms with Gasteiger partial charge in [0.2, 0.25) is 0 Å². The molecule has 0 spiro atoms. The van der Waals surface area contributed by atoms with Crippen LogP contribution >= 0.6 is 11.3 Å². The van der Waals surface area contributed by atoms with E-state index in [4.69, 9.17) is 0 Å². The Morgan fingerprint density at radius 2 is 0.781 bits per heavy atom. The van der Waals surface area contributed by atoms with Crippen molar-refractivity contribution in [3.05, 3.63) is 249 Å². The number of hydrogen-bond acceptors (Lipinski definition) is 2. The summed E-state index contributed by atoms with van der Waals surface area (Å²) in [6.07, 6.45) is 0. The van der Waals surface area contributed by atoms with Crippen LogP contribution in [0.4, 0.5) is 17.1 Å². The summed E-state index contributed by atoms with van der Waals surface area (Å²) in [7, 11) is 0. The largest absolute Gasteiger partial charge is 0.310 e. The zero-order valence-electron chi connectivity index (χ0n) is 35.0. The lowest BCUT2D eigenvalue weighted by molar-refractivity contribution is 1.29. The van der Waals surface area contributed by atoms with Crippen LogP contribution in [0.1, 0.15) is 0 Å². The topological polar surface area (TPSA) is 3.24 Å². The monoisotopic (exact) mass is 831 g/mol. The van der Waals surface area contributed by atoms with E-state index >= 15 is 0 Å². The van der Waals surface area contributed by atoms with E-state index in [0.29, 0.717) is 0 Å². The first-order valence-corrected chi connectivity index (χ1v) is 22.7. The van der Waals surface area contributed by atoms with Gasteiger partial charge in [0.25, 0.3) is 0 Å². The summed E-state index contributed by atoms with van der Waals surface area (Å²) >= 11 is 1.86. The third kappa shape index (κ3) is 6.73. The highest BCUT2D eigenvalue weighted by Gasteiger charge is 2.21. The zero-order valence-corrected chi connectivity index (χ0v) is 35.8. The van der Waals surface area contributed by atoms with E-state index in [1.54, 1.807) is 0 Å². The molecule has 12 rings (SSSR count). The Morgan fingerprint density at radius 1 is 0.250 bits per heavy atom. The Bertz CT molecular complexity index is 3650. The highest BCUT2D eigenvalue weighted by atomic mass is 32.1. The molecule has 0 unspecified atom stereocenters. The van der Waals surface area contributed by atoms with E-state index in [-0.39, 0.29) is 0 Å². The SMILES string of the molecule is c1ccc(-c2ccc(-c3ccc(N(c4ccc5c(c4)sc4ccccc45)c4cc(-c5cc6ccccc6c6ccccc56)ccc4-c4ccccc4)cc3)cc2-c2ccccc2)cc1. The van der Waals surface area contributed by atoms with E-state index in [0.717, 1.165) is 17.1 Å². The maximum atomic E-state index is 2.47. The summed E-state index contributed by atoms with van der Waals surface area (Å²) in [5, 5.41) is 7.60. The maximum Gasteiger partial charge on any atom is 0.0546 e. The van der Waals surface area contributed by atoms with Crippen LogP contribution in [0.25, 0.3) is 97.4 Å². The standard InChI is InChI=1S/C62H41NS/c1-4-16-43(17-5-1)52-35-30-46(38-58(52)45-20-8-3-9-21-45)42-28-32-49(33-29-42)63(50-34-37-57-56-26-14-15-27-61(56)64-62(57)41-50)60-40-48(31-36-53(60)44-18-6-2-7-19-44)59-39-47-22-10-11-23-51(47)54-24-12-13-25-55(54)59/h1-41H. The molecule has 0 amide bonds. The van der Waals surface area contributed by atoms with E-state index in [1.807, 2.05) is 11.3 Å². The molecule has 0 aliphatic heterocycles. The third-order valence-electron chi connectivity index (χ3n) is 12.7. The number of anilines is 3. The van der Waals surface area contributed by atoms with Gasteiger partial charge in [0.05, 0.1) is 5.69 Å². The number of rotatable bonds is 8. The van der Waals surface area contributed by atoms with E-state index in [2.05, 4.69) is 254 Å². The van der Waals surface area contributed by atoms with Gasteiger partial charge in [0.1, 0.15) is 0 Å². The molecule has 0 N–H and O–H groups in total. The zero-order chi connectivity index (χ0) is 42.4. The van der Waals surface area contributed by atoms with Crippen LogP contribution in [0.5, 0.6) is 0 Å². The second-order valence-corrected chi connectivity index (χ2v) is 17.5. The van der Waals surface area contributed by atoms with E-state index in [1.165, 1.54) is 97.4 Å². The molecule has 0 bridgehead atoms. The van der Waals surface area contributed by atoms with Crippen molar-refractivity contribution in [2.45, 2.75) is 0 Å². The van der Waals surface area contributed by atoms with Gasteiger partial charge in [-0.05, 0) is 120 Å². The molecule has 300 valence electrons. The lowest BCUT2D eigenvalue weighted by Gasteiger charge is -2.29. The molecule has 0 aliphatic rings. The second-order valence-electron chi connectivity index (χ2n) is 16.4. The summed E-state index contributed by atoms with van der Waals surface area (Å²) in [5.41, 5.74) is 15.3. The van der Waals surface area contributed by atoms with Crippen LogP contribution in [0.3, 0.4) is 0 Å². The molecule has 0 fully saturated rings. The van der Waals surface area contributed by atoms with Crippen LogP contribution in [-0.4, -0.2) is 0 Å². The average Bonchev–Trinajstić information content (AvgIpc) is 3.75. The fourth-order valence-electron chi connectivity index (χ4n) is 9.57. The Hall–Kier alpha value is -8.04. The van der Waals surface area contributed by atoms with E-state index in [9.17, 15) is 0 Å². The van der Waals surface area contributed by atoms with Crippen LogP contribution < -0.4 is 4.90 Å². The van der Waals surface area contributed by atoms with Crippen LogP contribution in [0.15, 0.2) is 249 Å². The summed E-state index contributed by atoms with van der Waals surface area (Å²) in [6, 6.07) is 91.1. The molecule has 2 heteroatoms. The number of thiophene rings is 1. The predicted molar refractivity (Wildman–Crippen MR) is 276 cm³/mol.